The number of alkyl halides is 1. The van der Waals surface area contributed by atoms with Crippen molar-refractivity contribution in [2.75, 3.05) is 31.5 Å². The lowest BCUT2D eigenvalue weighted by molar-refractivity contribution is -0.132. The van der Waals surface area contributed by atoms with E-state index in [-0.39, 0.29) is 11.8 Å². The van der Waals surface area contributed by atoms with Crippen LogP contribution in [0.4, 0.5) is 0 Å². The molecule has 1 unspecified atom stereocenters. The Labute approximate surface area is 83.6 Å². The van der Waals surface area contributed by atoms with Crippen molar-refractivity contribution < 1.29 is 4.79 Å². The average Bonchev–Trinajstić information content (AvgIpc) is 2.11. The van der Waals surface area contributed by atoms with E-state index in [0.717, 1.165) is 12.3 Å². The second-order valence-electron chi connectivity index (χ2n) is 2.81. The summed E-state index contributed by atoms with van der Waals surface area (Å²) in [7, 11) is 1.82. The van der Waals surface area contributed by atoms with Gasteiger partial charge >= 0.3 is 0 Å². The predicted octanol–water partition coefficient (Wildman–Crippen LogP) is 1.68. The first-order valence-corrected chi connectivity index (χ1v) is 5.86. The molecule has 0 aliphatic carbocycles. The largest absolute Gasteiger partial charge is 0.345 e. The molecule has 0 spiro atoms. The minimum atomic E-state index is -0.0569. The van der Waals surface area contributed by atoms with E-state index in [1.54, 1.807) is 16.7 Å². The number of thioether (sulfide) groups is 1. The smallest absolute Gasteiger partial charge is 0.226 e. The Kier molecular flexibility index (Phi) is 6.67. The first kappa shape index (κ1) is 12.1. The summed E-state index contributed by atoms with van der Waals surface area (Å²) in [6, 6.07) is 0. The number of halogens is 1. The van der Waals surface area contributed by atoms with Crippen LogP contribution in [-0.4, -0.2) is 42.3 Å². The molecule has 12 heavy (non-hydrogen) atoms. The summed E-state index contributed by atoms with van der Waals surface area (Å²) in [5, 5.41) is 0. The number of amides is 1. The highest BCUT2D eigenvalue weighted by molar-refractivity contribution is 7.98. The van der Waals surface area contributed by atoms with Crippen molar-refractivity contribution in [2.45, 2.75) is 6.92 Å². The number of nitrogens with zero attached hydrogens (tertiary/aromatic N) is 1. The van der Waals surface area contributed by atoms with Gasteiger partial charge in [-0.2, -0.15) is 11.8 Å². The van der Waals surface area contributed by atoms with E-state index in [1.165, 1.54) is 0 Å². The Morgan fingerprint density at radius 3 is 2.67 bits per heavy atom. The van der Waals surface area contributed by atoms with Gasteiger partial charge in [-0.3, -0.25) is 4.79 Å². The van der Waals surface area contributed by atoms with Gasteiger partial charge in [0.05, 0.1) is 0 Å². The summed E-state index contributed by atoms with van der Waals surface area (Å²) in [5.41, 5.74) is 0. The van der Waals surface area contributed by atoms with E-state index in [4.69, 9.17) is 11.6 Å². The van der Waals surface area contributed by atoms with Gasteiger partial charge in [-0.25, -0.2) is 0 Å². The predicted molar refractivity (Wildman–Crippen MR) is 55.9 cm³/mol. The van der Waals surface area contributed by atoms with Crippen LogP contribution < -0.4 is 0 Å². The van der Waals surface area contributed by atoms with Crippen molar-refractivity contribution in [1.29, 1.82) is 0 Å². The molecule has 4 heteroatoms. The van der Waals surface area contributed by atoms with Gasteiger partial charge in [0.15, 0.2) is 0 Å². The van der Waals surface area contributed by atoms with Gasteiger partial charge in [0.25, 0.3) is 0 Å². The molecule has 72 valence electrons. The molecule has 0 aromatic rings. The molecule has 0 fully saturated rings. The summed E-state index contributed by atoms with van der Waals surface area (Å²) in [4.78, 5) is 13.2. The van der Waals surface area contributed by atoms with E-state index in [9.17, 15) is 4.79 Å². The van der Waals surface area contributed by atoms with Gasteiger partial charge in [-0.05, 0) is 6.26 Å². The highest BCUT2D eigenvalue weighted by Crippen LogP contribution is 2.03. The molecule has 0 saturated carbocycles. The molecule has 1 amide bonds. The number of rotatable bonds is 5. The lowest BCUT2D eigenvalue weighted by atomic mass is 10.2. The maximum atomic E-state index is 11.4. The second-order valence-corrected chi connectivity index (χ2v) is 4.10. The zero-order valence-corrected chi connectivity index (χ0v) is 9.41. The van der Waals surface area contributed by atoms with Crippen molar-refractivity contribution >= 4 is 29.3 Å². The van der Waals surface area contributed by atoms with Gasteiger partial charge in [0, 0.05) is 31.1 Å². The number of hydrogen-bond donors (Lipinski definition) is 0. The molecular weight excluding hydrogens is 194 g/mol. The van der Waals surface area contributed by atoms with Crippen LogP contribution in [0.3, 0.4) is 0 Å². The van der Waals surface area contributed by atoms with Crippen LogP contribution in [0.25, 0.3) is 0 Å². The monoisotopic (exact) mass is 209 g/mol. The minimum Gasteiger partial charge on any atom is -0.345 e. The molecule has 0 rings (SSSR count). The number of carbonyl (C=O) groups is 1. The zero-order chi connectivity index (χ0) is 9.56. The molecule has 1 atom stereocenters. The fraction of sp³-hybridized carbons (Fsp3) is 0.875. The third-order valence-electron chi connectivity index (χ3n) is 1.66. The Balaban J connectivity index is 3.75. The number of hydrogen-bond acceptors (Lipinski definition) is 2. The van der Waals surface area contributed by atoms with E-state index in [1.807, 2.05) is 20.2 Å². The van der Waals surface area contributed by atoms with Crippen molar-refractivity contribution in [3.63, 3.8) is 0 Å². The highest BCUT2D eigenvalue weighted by atomic mass is 35.5. The van der Waals surface area contributed by atoms with Gasteiger partial charge in [-0.15, -0.1) is 11.6 Å². The summed E-state index contributed by atoms with van der Waals surface area (Å²) >= 11 is 7.31. The van der Waals surface area contributed by atoms with Crippen LogP contribution in [0, 0.1) is 5.92 Å². The molecule has 0 bridgehead atoms. The maximum absolute atomic E-state index is 11.4. The summed E-state index contributed by atoms with van der Waals surface area (Å²) in [5.74, 6) is 1.47. The molecule has 0 N–H and O–H groups in total. The third kappa shape index (κ3) is 4.21. The van der Waals surface area contributed by atoms with Crippen molar-refractivity contribution in [2.24, 2.45) is 5.92 Å². The van der Waals surface area contributed by atoms with E-state index in [2.05, 4.69) is 0 Å². The molecule has 0 aliphatic heterocycles. The zero-order valence-electron chi connectivity index (χ0n) is 7.84. The lowest BCUT2D eigenvalue weighted by Gasteiger charge is -2.19. The maximum Gasteiger partial charge on any atom is 0.226 e. The van der Waals surface area contributed by atoms with Crippen LogP contribution in [-0.2, 0) is 4.79 Å². The van der Waals surface area contributed by atoms with Crippen LogP contribution in [0.2, 0.25) is 0 Å². The lowest BCUT2D eigenvalue weighted by Crippen LogP contribution is -2.34. The molecule has 0 aliphatic rings. The Morgan fingerprint density at radius 2 is 2.25 bits per heavy atom. The minimum absolute atomic E-state index is 0.0569. The van der Waals surface area contributed by atoms with E-state index < -0.39 is 0 Å². The Hall–Kier alpha value is 0.110. The van der Waals surface area contributed by atoms with Gasteiger partial charge in [-0.1, -0.05) is 6.92 Å². The van der Waals surface area contributed by atoms with Crippen molar-refractivity contribution in [3.8, 4) is 0 Å². The fourth-order valence-corrected chi connectivity index (χ4v) is 1.37. The summed E-state index contributed by atoms with van der Waals surface area (Å²) in [6.07, 6.45) is 2.03. The molecule has 0 aromatic heterocycles. The van der Waals surface area contributed by atoms with Gasteiger partial charge < -0.3 is 4.90 Å². The fourth-order valence-electron chi connectivity index (χ4n) is 0.781. The molecular formula is C8H16ClNOS. The van der Waals surface area contributed by atoms with Gasteiger partial charge in [0.1, 0.15) is 0 Å². The van der Waals surface area contributed by atoms with E-state index in [0.29, 0.717) is 5.88 Å². The number of carbonyl (C=O) groups excluding carboxylic acids is 1. The SMILES string of the molecule is CSCCN(C)C(=O)C(C)CCl. The highest BCUT2D eigenvalue weighted by Gasteiger charge is 2.15. The molecule has 0 aromatic carbocycles. The van der Waals surface area contributed by atoms with Crippen molar-refractivity contribution in [3.05, 3.63) is 0 Å². The van der Waals surface area contributed by atoms with Crippen LogP contribution in [0.5, 0.6) is 0 Å². The first-order valence-electron chi connectivity index (χ1n) is 3.93. The standard InChI is InChI=1S/C8H16ClNOS/c1-7(6-9)8(11)10(2)4-5-12-3/h7H,4-6H2,1-3H3. The third-order valence-corrected chi connectivity index (χ3v) is 2.71. The normalized spacial score (nSPS) is 12.7. The van der Waals surface area contributed by atoms with E-state index >= 15 is 0 Å². The first-order chi connectivity index (χ1) is 5.63. The van der Waals surface area contributed by atoms with Gasteiger partial charge in [0.2, 0.25) is 5.91 Å². The van der Waals surface area contributed by atoms with Crippen LogP contribution >= 0.6 is 23.4 Å². The molecule has 2 nitrogen and oxygen atoms in total. The average molecular weight is 210 g/mol. The summed E-state index contributed by atoms with van der Waals surface area (Å²) < 4.78 is 0. The molecule has 0 radical (unpaired) electrons. The Bertz CT molecular complexity index is 143. The van der Waals surface area contributed by atoms with Crippen LogP contribution in [0.15, 0.2) is 0 Å². The quantitative estimate of drug-likeness (QED) is 0.643. The summed E-state index contributed by atoms with van der Waals surface area (Å²) in [6.45, 7) is 2.66. The van der Waals surface area contributed by atoms with Crippen molar-refractivity contribution in [1.82, 2.24) is 4.90 Å². The Morgan fingerprint density at radius 1 is 1.67 bits per heavy atom. The molecule has 0 saturated heterocycles. The topological polar surface area (TPSA) is 20.3 Å². The van der Waals surface area contributed by atoms with Crippen LogP contribution in [0.1, 0.15) is 6.92 Å². The molecule has 0 heterocycles. The second kappa shape index (κ2) is 6.61.